The molecule has 0 radical (unpaired) electrons. The van der Waals surface area contributed by atoms with Crippen LogP contribution < -0.4 is 19.7 Å². The third-order valence-corrected chi connectivity index (χ3v) is 4.39. The minimum atomic E-state index is -0.255. The van der Waals surface area contributed by atoms with Gasteiger partial charge in [-0.2, -0.15) is 0 Å². The molecule has 0 spiro atoms. The lowest BCUT2D eigenvalue weighted by molar-refractivity contribution is -0.121. The molecule has 1 aliphatic heterocycles. The summed E-state index contributed by atoms with van der Waals surface area (Å²) in [5, 5.41) is 2.81. The van der Waals surface area contributed by atoms with E-state index < -0.39 is 0 Å². The molecule has 2 aromatic carbocycles. The average molecular weight is 368 g/mol. The van der Waals surface area contributed by atoms with Gasteiger partial charge in [0.25, 0.3) is 11.8 Å². The summed E-state index contributed by atoms with van der Waals surface area (Å²) in [6.07, 6.45) is 0.860. The molecule has 1 aliphatic rings. The highest BCUT2D eigenvalue weighted by atomic mass is 16.5. The van der Waals surface area contributed by atoms with Crippen LogP contribution in [0.25, 0.3) is 0 Å². The van der Waals surface area contributed by atoms with E-state index >= 15 is 0 Å². The lowest BCUT2D eigenvalue weighted by Gasteiger charge is -2.29. The van der Waals surface area contributed by atoms with Crippen LogP contribution in [0.1, 0.15) is 24.5 Å². The van der Waals surface area contributed by atoms with Crippen molar-refractivity contribution in [2.75, 3.05) is 30.0 Å². The minimum Gasteiger partial charge on any atom is -0.483 e. The number of amides is 2. The van der Waals surface area contributed by atoms with E-state index in [9.17, 15) is 9.59 Å². The lowest BCUT2D eigenvalue weighted by atomic mass is 10.1. The molecule has 0 unspecified atom stereocenters. The summed E-state index contributed by atoms with van der Waals surface area (Å²) in [6.45, 7) is 6.50. The number of anilines is 2. The summed E-state index contributed by atoms with van der Waals surface area (Å²) in [5.41, 5.74) is 3.32. The van der Waals surface area contributed by atoms with Gasteiger partial charge in [-0.1, -0.05) is 25.1 Å². The molecule has 2 aromatic rings. The van der Waals surface area contributed by atoms with Gasteiger partial charge in [-0.05, 0) is 43.5 Å². The molecule has 0 atom stereocenters. The van der Waals surface area contributed by atoms with Gasteiger partial charge < -0.3 is 19.7 Å². The van der Waals surface area contributed by atoms with Gasteiger partial charge >= 0.3 is 0 Å². The van der Waals surface area contributed by atoms with Crippen molar-refractivity contribution in [1.29, 1.82) is 0 Å². The van der Waals surface area contributed by atoms with Crippen molar-refractivity contribution in [2.45, 2.75) is 27.2 Å². The fourth-order valence-electron chi connectivity index (χ4n) is 3.11. The first kappa shape index (κ1) is 18.8. The second-order valence-electron chi connectivity index (χ2n) is 6.57. The summed E-state index contributed by atoms with van der Waals surface area (Å²) in [4.78, 5) is 26.0. The summed E-state index contributed by atoms with van der Waals surface area (Å²) in [5.74, 6) is 1.02. The highest BCUT2D eigenvalue weighted by molar-refractivity contribution is 5.99. The highest BCUT2D eigenvalue weighted by Gasteiger charge is 2.25. The van der Waals surface area contributed by atoms with E-state index in [1.807, 2.05) is 39.0 Å². The maximum Gasteiger partial charge on any atom is 0.265 e. The van der Waals surface area contributed by atoms with Crippen molar-refractivity contribution in [1.82, 2.24) is 0 Å². The molecule has 3 rings (SSSR count). The zero-order valence-electron chi connectivity index (χ0n) is 15.9. The number of aryl methyl sites for hydroxylation is 2. The van der Waals surface area contributed by atoms with E-state index in [1.165, 1.54) is 0 Å². The first-order valence-corrected chi connectivity index (χ1v) is 9.05. The smallest absolute Gasteiger partial charge is 0.265 e. The fourth-order valence-corrected chi connectivity index (χ4v) is 3.11. The molecule has 27 heavy (non-hydrogen) atoms. The maximum absolute atomic E-state index is 12.3. The Morgan fingerprint density at radius 3 is 2.67 bits per heavy atom. The Bertz CT molecular complexity index is 843. The van der Waals surface area contributed by atoms with Crippen molar-refractivity contribution in [3.8, 4) is 11.5 Å². The Hall–Kier alpha value is -3.02. The Morgan fingerprint density at radius 2 is 1.96 bits per heavy atom. The molecule has 0 saturated heterocycles. The van der Waals surface area contributed by atoms with Gasteiger partial charge in [-0.15, -0.1) is 0 Å². The van der Waals surface area contributed by atoms with E-state index in [1.54, 1.807) is 23.1 Å². The number of nitrogens with zero attached hydrogens (tertiary/aromatic N) is 1. The average Bonchev–Trinajstić information content (AvgIpc) is 2.64. The predicted octanol–water partition coefficient (Wildman–Crippen LogP) is 3.46. The normalized spacial score (nSPS) is 13.0. The zero-order valence-corrected chi connectivity index (χ0v) is 15.9. The second kappa shape index (κ2) is 8.12. The van der Waals surface area contributed by atoms with Gasteiger partial charge in [0.15, 0.2) is 13.2 Å². The van der Waals surface area contributed by atoms with Crippen molar-refractivity contribution < 1.29 is 19.1 Å². The fraction of sp³-hybridized carbons (Fsp3) is 0.333. The molecule has 1 N–H and O–H groups in total. The van der Waals surface area contributed by atoms with Gasteiger partial charge in [-0.25, -0.2) is 0 Å². The van der Waals surface area contributed by atoms with E-state index in [4.69, 9.17) is 9.47 Å². The van der Waals surface area contributed by atoms with Crippen molar-refractivity contribution in [3.05, 3.63) is 47.5 Å². The molecular weight excluding hydrogens is 344 g/mol. The summed E-state index contributed by atoms with van der Waals surface area (Å²) >= 11 is 0. The molecule has 0 saturated carbocycles. The second-order valence-corrected chi connectivity index (χ2v) is 6.57. The zero-order chi connectivity index (χ0) is 19.4. The number of carbonyl (C=O) groups is 2. The van der Waals surface area contributed by atoms with Gasteiger partial charge in [0, 0.05) is 18.3 Å². The Kier molecular flexibility index (Phi) is 5.64. The van der Waals surface area contributed by atoms with Crippen molar-refractivity contribution in [3.63, 3.8) is 0 Å². The number of para-hydroxylation sites is 1. The summed E-state index contributed by atoms with van der Waals surface area (Å²) in [6, 6.07) is 11.2. The Morgan fingerprint density at radius 1 is 1.22 bits per heavy atom. The third kappa shape index (κ3) is 4.22. The largest absolute Gasteiger partial charge is 0.483 e. The van der Waals surface area contributed by atoms with Crippen LogP contribution in [0.3, 0.4) is 0 Å². The minimum absolute atomic E-state index is 0.0140. The number of carbonyl (C=O) groups excluding carboxylic acids is 2. The monoisotopic (exact) mass is 368 g/mol. The number of benzene rings is 2. The molecule has 0 fully saturated rings. The number of hydrogen-bond donors (Lipinski definition) is 1. The van der Waals surface area contributed by atoms with E-state index in [2.05, 4.69) is 5.32 Å². The van der Waals surface area contributed by atoms with Gasteiger partial charge in [0.1, 0.15) is 11.5 Å². The van der Waals surface area contributed by atoms with Gasteiger partial charge in [0.2, 0.25) is 0 Å². The summed E-state index contributed by atoms with van der Waals surface area (Å²) < 4.78 is 11.2. The van der Waals surface area contributed by atoms with Crippen LogP contribution in [0.4, 0.5) is 11.4 Å². The Balaban J connectivity index is 1.66. The number of ether oxygens (including phenoxy) is 2. The standard InChI is InChI=1S/C21H24N2O4/c1-4-10-23-17-9-8-16(11-18(17)26-13-20(23)25)22-19(24)12-27-21-14(2)6-5-7-15(21)3/h5-9,11H,4,10,12-13H2,1-3H3,(H,22,24). The van der Waals surface area contributed by atoms with Crippen LogP contribution in [-0.4, -0.2) is 31.6 Å². The lowest BCUT2D eigenvalue weighted by Crippen LogP contribution is -2.39. The van der Waals surface area contributed by atoms with Crippen LogP contribution in [0.2, 0.25) is 0 Å². The molecule has 6 nitrogen and oxygen atoms in total. The highest BCUT2D eigenvalue weighted by Crippen LogP contribution is 2.34. The molecular formula is C21H24N2O4. The topological polar surface area (TPSA) is 67.9 Å². The van der Waals surface area contributed by atoms with Crippen molar-refractivity contribution >= 4 is 23.2 Å². The molecule has 6 heteroatoms. The van der Waals surface area contributed by atoms with Crippen LogP contribution in [0.15, 0.2) is 36.4 Å². The van der Waals surface area contributed by atoms with Crippen LogP contribution in [-0.2, 0) is 9.59 Å². The maximum atomic E-state index is 12.3. The summed E-state index contributed by atoms with van der Waals surface area (Å²) in [7, 11) is 0. The Labute approximate surface area is 159 Å². The van der Waals surface area contributed by atoms with E-state index in [0.29, 0.717) is 18.0 Å². The number of rotatable bonds is 6. The molecule has 2 amide bonds. The first-order valence-electron chi connectivity index (χ1n) is 9.05. The molecule has 0 bridgehead atoms. The van der Waals surface area contributed by atoms with E-state index in [0.717, 1.165) is 29.0 Å². The van der Waals surface area contributed by atoms with Gasteiger partial charge in [-0.3, -0.25) is 9.59 Å². The molecule has 0 aliphatic carbocycles. The van der Waals surface area contributed by atoms with Crippen LogP contribution in [0, 0.1) is 13.8 Å². The quantitative estimate of drug-likeness (QED) is 0.848. The molecule has 0 aromatic heterocycles. The molecule has 1 heterocycles. The van der Waals surface area contributed by atoms with Crippen LogP contribution >= 0.6 is 0 Å². The SMILES string of the molecule is CCCN1C(=O)COc2cc(NC(=O)COc3c(C)cccc3C)ccc21. The third-order valence-electron chi connectivity index (χ3n) is 4.39. The van der Waals surface area contributed by atoms with E-state index in [-0.39, 0.29) is 25.0 Å². The molecule has 142 valence electrons. The van der Waals surface area contributed by atoms with Crippen molar-refractivity contribution in [2.24, 2.45) is 0 Å². The van der Waals surface area contributed by atoms with Crippen LogP contribution in [0.5, 0.6) is 11.5 Å². The predicted molar refractivity (Wildman–Crippen MR) is 105 cm³/mol. The number of fused-ring (bicyclic) bond motifs is 1. The number of hydrogen-bond acceptors (Lipinski definition) is 4. The number of nitrogens with one attached hydrogen (secondary N) is 1. The van der Waals surface area contributed by atoms with Gasteiger partial charge in [0.05, 0.1) is 5.69 Å². The first-order chi connectivity index (χ1) is 13.0.